The van der Waals surface area contributed by atoms with Gasteiger partial charge >= 0.3 is 23.5 Å². The molecule has 1 aliphatic heterocycles. The molecule has 67 heavy (non-hydrogen) atoms. The SMILES string of the molecule is CCCCCCCCCCC/C=C/CCCCC(=O)SCCNC(=O)CCNC(=O)C(O)C(C)(C)COP(=O)(O)OP(=O)(O)OCC1OC(n2cnc3c(N)ncnc32)C(O)C1OP(=O)(O)O. The van der Waals surface area contributed by atoms with Crippen LogP contribution in [0, 0.1) is 5.41 Å². The molecule has 24 nitrogen and oxygen atoms in total. The van der Waals surface area contributed by atoms with Gasteiger partial charge in [0.15, 0.2) is 22.8 Å². The number of unbranched alkanes of at least 4 members (excludes halogenated alkanes) is 11. The molecule has 3 rings (SSSR count). The summed E-state index contributed by atoms with van der Waals surface area (Å²) in [5, 5.41) is 26.6. The van der Waals surface area contributed by atoms with E-state index < -0.39 is 84.6 Å². The number of aromatic nitrogens is 4. The molecule has 7 unspecified atom stereocenters. The van der Waals surface area contributed by atoms with E-state index in [0.717, 1.165) is 54.7 Å². The molecular weight excluding hydrogens is 963 g/mol. The van der Waals surface area contributed by atoms with Crippen LogP contribution in [0.15, 0.2) is 24.8 Å². The molecule has 28 heteroatoms. The summed E-state index contributed by atoms with van der Waals surface area (Å²) in [6.45, 7) is 2.79. The van der Waals surface area contributed by atoms with E-state index >= 15 is 0 Å². The van der Waals surface area contributed by atoms with Crippen molar-refractivity contribution in [2.24, 2.45) is 5.41 Å². The minimum atomic E-state index is -5.58. The Morgan fingerprint density at radius 1 is 0.896 bits per heavy atom. The molecule has 3 heterocycles. The van der Waals surface area contributed by atoms with E-state index in [9.17, 15) is 57.9 Å². The van der Waals surface area contributed by atoms with Gasteiger partial charge in [-0.1, -0.05) is 96.1 Å². The number of imidazole rings is 1. The van der Waals surface area contributed by atoms with Gasteiger partial charge in [0.25, 0.3) is 0 Å². The lowest BCUT2D eigenvalue weighted by Crippen LogP contribution is -2.46. The molecule has 382 valence electrons. The van der Waals surface area contributed by atoms with Crippen molar-refractivity contribution in [3.63, 3.8) is 0 Å². The van der Waals surface area contributed by atoms with Crippen LogP contribution >= 0.6 is 35.2 Å². The highest BCUT2D eigenvalue weighted by Crippen LogP contribution is 2.61. The number of carbonyl (C=O) groups is 3. The van der Waals surface area contributed by atoms with Crippen LogP contribution in [-0.4, -0.2) is 123 Å². The zero-order chi connectivity index (χ0) is 49.7. The van der Waals surface area contributed by atoms with Gasteiger partial charge in [-0.2, -0.15) is 4.31 Å². The van der Waals surface area contributed by atoms with Gasteiger partial charge in [0.1, 0.15) is 36.3 Å². The van der Waals surface area contributed by atoms with E-state index in [2.05, 4.69) is 53.5 Å². The maximum atomic E-state index is 12.7. The summed E-state index contributed by atoms with van der Waals surface area (Å²) in [5.74, 6) is -1.04. The normalized spacial score (nSPS) is 20.2. The Labute approximate surface area is 394 Å². The van der Waals surface area contributed by atoms with Crippen molar-refractivity contribution in [2.75, 3.05) is 37.8 Å². The lowest BCUT2D eigenvalue weighted by molar-refractivity contribution is -0.137. The molecule has 1 fully saturated rings. The molecule has 0 aromatic carbocycles. The van der Waals surface area contributed by atoms with E-state index in [1.807, 2.05) is 0 Å². The van der Waals surface area contributed by atoms with Crippen molar-refractivity contribution in [2.45, 2.75) is 148 Å². The largest absolute Gasteiger partial charge is 0.481 e. The number of allylic oxidation sites excluding steroid dienone is 2. The van der Waals surface area contributed by atoms with Gasteiger partial charge in [0, 0.05) is 37.1 Å². The third-order valence-electron chi connectivity index (χ3n) is 10.4. The monoisotopic (exact) mass is 1030 g/mol. The highest BCUT2D eigenvalue weighted by molar-refractivity contribution is 8.13. The Kier molecular flexibility index (Phi) is 25.2. The van der Waals surface area contributed by atoms with Gasteiger partial charge in [-0.3, -0.25) is 32.5 Å². The van der Waals surface area contributed by atoms with E-state index in [0.29, 0.717) is 12.2 Å². The van der Waals surface area contributed by atoms with E-state index in [4.69, 9.17) is 19.5 Å². The molecule has 0 spiro atoms. The fourth-order valence-corrected chi connectivity index (χ4v) is 10.3. The van der Waals surface area contributed by atoms with E-state index in [1.54, 1.807) is 0 Å². The maximum absolute atomic E-state index is 12.7. The minimum absolute atomic E-state index is 0.0329. The van der Waals surface area contributed by atoms with Crippen LogP contribution in [0.3, 0.4) is 0 Å². The number of nitrogens with two attached hydrogens (primary N) is 1. The predicted octanol–water partition coefficient (Wildman–Crippen LogP) is 4.70. The molecule has 0 bridgehead atoms. The summed E-state index contributed by atoms with van der Waals surface area (Å²) in [6, 6.07) is 0. The van der Waals surface area contributed by atoms with Crippen molar-refractivity contribution in [1.29, 1.82) is 0 Å². The van der Waals surface area contributed by atoms with Gasteiger partial charge < -0.3 is 50.9 Å². The zero-order valence-corrected chi connectivity index (χ0v) is 41.6. The smallest absolute Gasteiger partial charge is 0.386 e. The lowest BCUT2D eigenvalue weighted by Gasteiger charge is -2.30. The molecule has 2 aromatic heterocycles. The number of aliphatic hydroxyl groups is 2. The minimum Gasteiger partial charge on any atom is -0.386 e. The summed E-state index contributed by atoms with van der Waals surface area (Å²) in [7, 11) is -16.4. The number of thioether (sulfide) groups is 1. The highest BCUT2D eigenvalue weighted by atomic mass is 32.2. The molecule has 1 aliphatic rings. The van der Waals surface area contributed by atoms with Crippen LogP contribution in [-0.2, 0) is 50.7 Å². The van der Waals surface area contributed by atoms with Crippen molar-refractivity contribution < 1.29 is 80.5 Å². The first kappa shape index (κ1) is 58.6. The van der Waals surface area contributed by atoms with Crippen molar-refractivity contribution >= 4 is 69.1 Å². The summed E-state index contributed by atoms with van der Waals surface area (Å²) in [4.78, 5) is 88.3. The van der Waals surface area contributed by atoms with Gasteiger partial charge in [-0.15, -0.1) is 0 Å². The van der Waals surface area contributed by atoms with Crippen LogP contribution < -0.4 is 16.4 Å². The topological polar surface area (TPSA) is 364 Å². The zero-order valence-electron chi connectivity index (χ0n) is 38.1. The first-order chi connectivity index (χ1) is 31.6. The molecule has 0 aliphatic carbocycles. The third-order valence-corrected chi connectivity index (χ3v) is 14.4. The number of anilines is 1. The fourth-order valence-electron chi connectivity index (χ4n) is 6.71. The number of nitrogens with one attached hydrogen (secondary N) is 2. The van der Waals surface area contributed by atoms with Gasteiger partial charge in [-0.25, -0.2) is 28.6 Å². The fraction of sp³-hybridized carbons (Fsp3) is 0.744. The quantitative estimate of drug-likeness (QED) is 0.0260. The molecule has 0 saturated carbocycles. The van der Waals surface area contributed by atoms with Crippen LogP contribution in [0.4, 0.5) is 5.82 Å². The molecule has 2 amide bonds. The first-order valence-electron chi connectivity index (χ1n) is 22.3. The third kappa shape index (κ3) is 21.9. The molecular formula is C39H68N7O17P3S. The Hall–Kier alpha value is -2.70. The number of fused-ring (bicyclic) bond motifs is 1. The van der Waals surface area contributed by atoms with Crippen molar-refractivity contribution in [3.05, 3.63) is 24.8 Å². The highest BCUT2D eigenvalue weighted by Gasteiger charge is 2.50. The van der Waals surface area contributed by atoms with Crippen LogP contribution in [0.1, 0.15) is 123 Å². The maximum Gasteiger partial charge on any atom is 0.481 e. The standard InChI is InChI=1S/C39H68N7O17P3S/c1-4-5-6-7-8-9-10-11-12-13-14-15-16-17-18-19-30(48)67-23-22-41-29(47)20-21-42-37(51)34(50)39(2,3)25-60-66(57,58)63-65(55,56)59-24-28-33(62-64(52,53)54)32(49)38(61-28)46-27-45-31-35(40)43-26-44-36(31)46/h14-15,26-28,32-34,38,49-50H,4-13,16-25H2,1-3H3,(H,41,47)(H,42,51)(H,55,56)(H,57,58)(H2,40,43,44)(H2,52,53,54)/b15-14+. The summed E-state index contributed by atoms with van der Waals surface area (Å²) in [6.07, 6.45) is 13.5. The van der Waals surface area contributed by atoms with Gasteiger partial charge in [0.05, 0.1) is 19.5 Å². The number of rotatable bonds is 34. The molecule has 2 aromatic rings. The predicted molar refractivity (Wildman–Crippen MR) is 247 cm³/mol. The molecule has 10 N–H and O–H groups in total. The number of phosphoric acid groups is 3. The van der Waals surface area contributed by atoms with Crippen molar-refractivity contribution in [1.82, 2.24) is 30.2 Å². The van der Waals surface area contributed by atoms with Crippen molar-refractivity contribution in [3.8, 4) is 0 Å². The Morgan fingerprint density at radius 2 is 1.52 bits per heavy atom. The lowest BCUT2D eigenvalue weighted by atomic mass is 9.87. The number of phosphoric ester groups is 3. The Morgan fingerprint density at radius 3 is 2.18 bits per heavy atom. The van der Waals surface area contributed by atoms with Gasteiger partial charge in [-0.05, 0) is 32.1 Å². The number of hydrogen-bond donors (Lipinski definition) is 9. The number of nitrogen functional groups attached to an aromatic ring is 1. The number of amides is 2. The van der Waals surface area contributed by atoms with Crippen LogP contribution in [0.25, 0.3) is 11.2 Å². The summed E-state index contributed by atoms with van der Waals surface area (Å²) >= 11 is 1.14. The summed E-state index contributed by atoms with van der Waals surface area (Å²) in [5.41, 5.74) is 4.28. The number of aliphatic hydroxyl groups excluding tert-OH is 2. The first-order valence-corrected chi connectivity index (χ1v) is 27.8. The number of nitrogens with zero attached hydrogens (tertiary/aromatic N) is 4. The van der Waals surface area contributed by atoms with E-state index in [-0.39, 0.29) is 41.6 Å². The van der Waals surface area contributed by atoms with Crippen LogP contribution in [0.2, 0.25) is 0 Å². The molecule has 1 saturated heterocycles. The van der Waals surface area contributed by atoms with Gasteiger partial charge in [0.2, 0.25) is 11.8 Å². The summed E-state index contributed by atoms with van der Waals surface area (Å²) < 4.78 is 62.4. The number of ether oxygens (including phenoxy) is 1. The van der Waals surface area contributed by atoms with Crippen LogP contribution in [0.5, 0.6) is 0 Å². The number of hydrogen-bond acceptors (Lipinski definition) is 18. The van der Waals surface area contributed by atoms with E-state index in [1.165, 1.54) is 71.6 Å². The average Bonchev–Trinajstić information content (AvgIpc) is 3.81. The molecule has 0 radical (unpaired) electrons. The average molecular weight is 1030 g/mol. The second-order valence-electron chi connectivity index (χ2n) is 16.6. The Balaban J connectivity index is 1.31. The Bertz CT molecular complexity index is 2040. The number of carbonyl (C=O) groups excluding carboxylic acids is 3. The second-order valence-corrected chi connectivity index (χ2v) is 22.0. The second kappa shape index (κ2) is 28.8. The molecule has 7 atom stereocenters.